The minimum atomic E-state index is -3.89. The van der Waals surface area contributed by atoms with Crippen LogP contribution < -0.4 is 14.3 Å². The number of benzene rings is 3. The van der Waals surface area contributed by atoms with Gasteiger partial charge in [-0.15, -0.1) is 0 Å². The van der Waals surface area contributed by atoms with E-state index in [2.05, 4.69) is 10.0 Å². The number of amides is 1. The molecule has 35 heavy (non-hydrogen) atoms. The number of hydrogen-bond donors (Lipinski definition) is 2. The molecule has 0 heterocycles. The van der Waals surface area contributed by atoms with Gasteiger partial charge < -0.3 is 5.32 Å². The number of carbonyl (C=O) groups excluding carboxylic acids is 1. The molecule has 0 aliphatic heterocycles. The van der Waals surface area contributed by atoms with E-state index in [4.69, 9.17) is 11.6 Å². The molecule has 3 aromatic rings. The van der Waals surface area contributed by atoms with E-state index in [9.17, 15) is 26.0 Å². The number of sulfonamides is 2. The third-order valence-electron chi connectivity index (χ3n) is 5.09. The zero-order chi connectivity index (χ0) is 26.0. The van der Waals surface area contributed by atoms with Crippen LogP contribution in [0, 0.1) is 19.7 Å². The Hall–Kier alpha value is -3.15. The first-order valence-corrected chi connectivity index (χ1v) is 13.9. The predicted octanol–water partition coefficient (Wildman–Crippen LogP) is 4.30. The lowest BCUT2D eigenvalue weighted by atomic mass is 10.1. The number of rotatable bonds is 8. The smallest absolute Gasteiger partial charge is 0.261 e. The van der Waals surface area contributed by atoms with E-state index in [-0.39, 0.29) is 21.3 Å². The molecule has 8 nitrogen and oxygen atoms in total. The van der Waals surface area contributed by atoms with Crippen LogP contribution in [-0.4, -0.2) is 35.5 Å². The van der Waals surface area contributed by atoms with E-state index >= 15 is 0 Å². The predicted molar refractivity (Wildman–Crippen MR) is 135 cm³/mol. The quantitative estimate of drug-likeness (QED) is 0.443. The molecule has 3 rings (SSSR count). The molecule has 0 aromatic heterocycles. The molecule has 0 bridgehead atoms. The molecule has 0 fully saturated rings. The first kappa shape index (κ1) is 26.5. The molecule has 2 N–H and O–H groups in total. The Kier molecular flexibility index (Phi) is 7.73. The molecule has 186 valence electrons. The fourth-order valence-corrected chi connectivity index (χ4v) is 5.18. The molecule has 0 aliphatic carbocycles. The molecule has 3 aromatic carbocycles. The third kappa shape index (κ3) is 6.71. The molecule has 0 saturated carbocycles. The zero-order valence-corrected chi connectivity index (χ0v) is 21.4. The van der Waals surface area contributed by atoms with Crippen LogP contribution in [0.2, 0.25) is 5.02 Å². The summed E-state index contributed by atoms with van der Waals surface area (Å²) in [6.07, 6.45) is 0.903. The van der Waals surface area contributed by atoms with Crippen molar-refractivity contribution in [3.8, 4) is 0 Å². The maximum atomic E-state index is 13.5. The van der Waals surface area contributed by atoms with Crippen molar-refractivity contribution in [3.05, 3.63) is 82.6 Å². The first-order chi connectivity index (χ1) is 16.3. The fourth-order valence-electron chi connectivity index (χ4n) is 3.11. The van der Waals surface area contributed by atoms with Crippen LogP contribution in [-0.2, 0) is 24.8 Å². The Morgan fingerprint density at radius 1 is 0.914 bits per heavy atom. The Morgan fingerprint density at radius 2 is 1.54 bits per heavy atom. The minimum Gasteiger partial charge on any atom is -0.325 e. The van der Waals surface area contributed by atoms with Gasteiger partial charge in [0.1, 0.15) is 12.4 Å². The summed E-state index contributed by atoms with van der Waals surface area (Å²) in [6, 6.07) is 13.9. The van der Waals surface area contributed by atoms with Crippen molar-refractivity contribution in [2.75, 3.05) is 27.1 Å². The van der Waals surface area contributed by atoms with Gasteiger partial charge in [-0.2, -0.15) is 0 Å². The normalized spacial score (nSPS) is 11.7. The maximum absolute atomic E-state index is 13.5. The van der Waals surface area contributed by atoms with Crippen molar-refractivity contribution in [2.24, 2.45) is 0 Å². The topological polar surface area (TPSA) is 113 Å². The van der Waals surface area contributed by atoms with Crippen LogP contribution in [0.3, 0.4) is 0 Å². The maximum Gasteiger partial charge on any atom is 0.261 e. The van der Waals surface area contributed by atoms with Crippen molar-refractivity contribution >= 4 is 54.6 Å². The van der Waals surface area contributed by atoms with E-state index < -0.39 is 38.3 Å². The van der Waals surface area contributed by atoms with Gasteiger partial charge >= 0.3 is 0 Å². The molecule has 12 heteroatoms. The second-order valence-corrected chi connectivity index (χ2v) is 11.8. The highest BCUT2D eigenvalue weighted by molar-refractivity contribution is 7.92. The van der Waals surface area contributed by atoms with Crippen molar-refractivity contribution < 1.29 is 26.0 Å². The number of nitrogens with zero attached hydrogens (tertiary/aromatic N) is 1. The number of aryl methyl sites for hydroxylation is 2. The number of anilines is 3. The fraction of sp³-hybridized carbons (Fsp3) is 0.174. The summed E-state index contributed by atoms with van der Waals surface area (Å²) in [6.45, 7) is 3.19. The van der Waals surface area contributed by atoms with Crippen LogP contribution in [0.5, 0.6) is 0 Å². The van der Waals surface area contributed by atoms with Crippen molar-refractivity contribution in [3.63, 3.8) is 0 Å². The Morgan fingerprint density at radius 3 is 2.11 bits per heavy atom. The van der Waals surface area contributed by atoms with Gasteiger partial charge in [0.2, 0.25) is 15.9 Å². The second kappa shape index (κ2) is 10.2. The van der Waals surface area contributed by atoms with Gasteiger partial charge in [-0.3, -0.25) is 13.8 Å². The standard InChI is InChI=1S/C23H23ClFN3O5S2/c1-15-4-5-18(12-16(15)2)27-35(32,33)20-9-6-17(7-10-20)26-23(29)14-28(34(3,30)31)19-8-11-22(25)21(24)13-19/h4-13,27H,14H2,1-3H3,(H,26,29). The molecule has 0 unspecified atom stereocenters. The van der Waals surface area contributed by atoms with Gasteiger partial charge in [0, 0.05) is 11.4 Å². The average molecular weight is 540 g/mol. The number of carbonyl (C=O) groups is 1. The molecule has 0 aliphatic rings. The summed E-state index contributed by atoms with van der Waals surface area (Å²) in [5, 5.41) is 2.23. The SMILES string of the molecule is Cc1ccc(NS(=O)(=O)c2ccc(NC(=O)CN(c3ccc(F)c(Cl)c3)S(C)(=O)=O)cc2)cc1C. The van der Waals surface area contributed by atoms with Gasteiger partial charge in [-0.25, -0.2) is 21.2 Å². The van der Waals surface area contributed by atoms with Crippen LogP contribution >= 0.6 is 11.6 Å². The molecular weight excluding hydrogens is 517 g/mol. The van der Waals surface area contributed by atoms with Gasteiger partial charge in [-0.1, -0.05) is 17.7 Å². The van der Waals surface area contributed by atoms with Gasteiger partial charge in [-0.05, 0) is 79.6 Å². The Balaban J connectivity index is 1.72. The van der Waals surface area contributed by atoms with E-state index in [1.54, 1.807) is 12.1 Å². The highest BCUT2D eigenvalue weighted by Crippen LogP contribution is 2.25. The van der Waals surface area contributed by atoms with Gasteiger partial charge in [0.15, 0.2) is 0 Å². The van der Waals surface area contributed by atoms with E-state index in [0.29, 0.717) is 5.69 Å². The van der Waals surface area contributed by atoms with E-state index in [1.807, 2.05) is 19.9 Å². The van der Waals surface area contributed by atoms with Gasteiger partial charge in [0.05, 0.1) is 21.9 Å². The first-order valence-electron chi connectivity index (χ1n) is 10.2. The summed E-state index contributed by atoms with van der Waals surface area (Å²) < 4.78 is 66.5. The minimum absolute atomic E-state index is 0.0209. The van der Waals surface area contributed by atoms with E-state index in [1.165, 1.54) is 30.3 Å². The average Bonchev–Trinajstić information content (AvgIpc) is 2.76. The van der Waals surface area contributed by atoms with Crippen LogP contribution in [0.25, 0.3) is 0 Å². The Bertz CT molecular complexity index is 1480. The summed E-state index contributed by atoms with van der Waals surface area (Å²) in [4.78, 5) is 12.5. The molecule has 0 atom stereocenters. The lowest BCUT2D eigenvalue weighted by molar-refractivity contribution is -0.114. The summed E-state index contributed by atoms with van der Waals surface area (Å²) >= 11 is 5.74. The van der Waals surface area contributed by atoms with Crippen LogP contribution in [0.15, 0.2) is 65.6 Å². The lowest BCUT2D eigenvalue weighted by Gasteiger charge is -2.22. The summed E-state index contributed by atoms with van der Waals surface area (Å²) in [7, 11) is -7.76. The summed E-state index contributed by atoms with van der Waals surface area (Å²) in [5.41, 5.74) is 2.67. The number of halogens is 2. The zero-order valence-electron chi connectivity index (χ0n) is 19.0. The lowest BCUT2D eigenvalue weighted by Crippen LogP contribution is -2.37. The molecular formula is C23H23ClFN3O5S2. The Labute approximate surface area is 208 Å². The van der Waals surface area contributed by atoms with Crippen LogP contribution in [0.4, 0.5) is 21.5 Å². The van der Waals surface area contributed by atoms with Crippen molar-refractivity contribution in [1.29, 1.82) is 0 Å². The van der Waals surface area contributed by atoms with Crippen LogP contribution in [0.1, 0.15) is 11.1 Å². The highest BCUT2D eigenvalue weighted by Gasteiger charge is 2.22. The van der Waals surface area contributed by atoms with Crippen molar-refractivity contribution in [2.45, 2.75) is 18.7 Å². The molecule has 1 amide bonds. The molecule has 0 saturated heterocycles. The second-order valence-electron chi connectivity index (χ2n) is 7.85. The number of hydrogen-bond acceptors (Lipinski definition) is 5. The van der Waals surface area contributed by atoms with E-state index in [0.717, 1.165) is 33.8 Å². The largest absolute Gasteiger partial charge is 0.325 e. The number of nitrogens with one attached hydrogen (secondary N) is 2. The third-order valence-corrected chi connectivity index (χ3v) is 7.91. The molecule has 0 spiro atoms. The summed E-state index contributed by atoms with van der Waals surface area (Å²) in [5.74, 6) is -1.42. The highest BCUT2D eigenvalue weighted by atomic mass is 35.5. The van der Waals surface area contributed by atoms with Crippen molar-refractivity contribution in [1.82, 2.24) is 0 Å². The van der Waals surface area contributed by atoms with Gasteiger partial charge in [0.25, 0.3) is 10.0 Å². The monoisotopic (exact) mass is 539 g/mol. The molecule has 0 radical (unpaired) electrons.